The molecule has 0 saturated heterocycles. The largest absolute Gasteiger partial charge is 0.353 e. The quantitative estimate of drug-likeness (QED) is 0.829. The van der Waals surface area contributed by atoms with Crippen molar-refractivity contribution < 1.29 is 9.59 Å². The molecule has 2 rings (SSSR count). The van der Waals surface area contributed by atoms with Gasteiger partial charge in [-0.1, -0.05) is 6.07 Å². The molecule has 1 saturated carbocycles. The molecule has 1 aliphatic rings. The third kappa shape index (κ3) is 2.84. The Bertz CT molecular complexity index is 545. The smallest absolute Gasteiger partial charge is 0.240 e. The minimum atomic E-state index is -0.858. The number of amides is 2. The van der Waals surface area contributed by atoms with Crippen LogP contribution < -0.4 is 10.6 Å². The molecule has 0 aliphatic heterocycles. The van der Waals surface area contributed by atoms with Crippen molar-refractivity contribution in [3.63, 3.8) is 0 Å². The molecular weight excluding hydrogens is 252 g/mol. The number of hydrogen-bond acceptors (Lipinski definition) is 2. The molecule has 1 aliphatic carbocycles. The molecule has 0 bridgehead atoms. The maximum atomic E-state index is 12.3. The Morgan fingerprint density at radius 2 is 1.75 bits per heavy atom. The second kappa shape index (κ2) is 5.27. The maximum absolute atomic E-state index is 12.3. The van der Waals surface area contributed by atoms with Crippen molar-refractivity contribution in [1.29, 1.82) is 0 Å². The van der Waals surface area contributed by atoms with Gasteiger partial charge in [-0.15, -0.1) is 0 Å². The van der Waals surface area contributed by atoms with Crippen LogP contribution in [0, 0.1) is 19.3 Å². The Balaban J connectivity index is 2.08. The molecule has 2 amide bonds. The third-order valence-corrected chi connectivity index (χ3v) is 3.80. The highest BCUT2D eigenvalue weighted by Crippen LogP contribution is 2.47. The highest BCUT2D eigenvalue weighted by molar-refractivity contribution is 6.13. The number of carbonyl (C=O) groups is 2. The Hall–Kier alpha value is -1.84. The van der Waals surface area contributed by atoms with E-state index in [4.69, 9.17) is 0 Å². The van der Waals surface area contributed by atoms with E-state index in [0.717, 1.165) is 11.3 Å². The SMILES string of the molecule is Cc1ccc(NC(=O)C2(C(=O)NC(C)C)CC2)cc1C. The number of anilines is 1. The van der Waals surface area contributed by atoms with Crippen molar-refractivity contribution in [3.05, 3.63) is 29.3 Å². The third-order valence-electron chi connectivity index (χ3n) is 3.80. The van der Waals surface area contributed by atoms with E-state index in [-0.39, 0.29) is 17.9 Å². The lowest BCUT2D eigenvalue weighted by atomic mass is 10.0. The zero-order valence-corrected chi connectivity index (χ0v) is 12.5. The van der Waals surface area contributed by atoms with E-state index in [2.05, 4.69) is 10.6 Å². The van der Waals surface area contributed by atoms with Crippen LogP contribution in [0.4, 0.5) is 5.69 Å². The first-order chi connectivity index (χ1) is 9.35. The van der Waals surface area contributed by atoms with Crippen LogP contribution in [0.1, 0.15) is 37.8 Å². The number of hydrogen-bond donors (Lipinski definition) is 2. The van der Waals surface area contributed by atoms with Gasteiger partial charge in [0.1, 0.15) is 5.41 Å². The van der Waals surface area contributed by atoms with E-state index < -0.39 is 5.41 Å². The van der Waals surface area contributed by atoms with Gasteiger partial charge in [-0.05, 0) is 63.8 Å². The highest BCUT2D eigenvalue weighted by atomic mass is 16.2. The lowest BCUT2D eigenvalue weighted by Crippen LogP contribution is -2.42. The number of carbonyl (C=O) groups excluding carboxylic acids is 2. The van der Waals surface area contributed by atoms with E-state index >= 15 is 0 Å². The van der Waals surface area contributed by atoms with Gasteiger partial charge in [-0.3, -0.25) is 9.59 Å². The average Bonchev–Trinajstić information content (AvgIpc) is 3.14. The van der Waals surface area contributed by atoms with Crippen molar-refractivity contribution in [2.24, 2.45) is 5.41 Å². The zero-order valence-electron chi connectivity index (χ0n) is 12.5. The Kier molecular flexibility index (Phi) is 3.84. The van der Waals surface area contributed by atoms with Crippen LogP contribution in [0.25, 0.3) is 0 Å². The van der Waals surface area contributed by atoms with Crippen LogP contribution in [-0.4, -0.2) is 17.9 Å². The van der Waals surface area contributed by atoms with Gasteiger partial charge in [0, 0.05) is 11.7 Å². The van der Waals surface area contributed by atoms with Gasteiger partial charge in [-0.2, -0.15) is 0 Å². The molecule has 0 spiro atoms. The summed E-state index contributed by atoms with van der Waals surface area (Å²) in [5.74, 6) is -0.354. The Morgan fingerprint density at radius 1 is 1.10 bits per heavy atom. The van der Waals surface area contributed by atoms with Crippen LogP contribution in [0.15, 0.2) is 18.2 Å². The van der Waals surface area contributed by atoms with Crippen LogP contribution >= 0.6 is 0 Å². The van der Waals surface area contributed by atoms with Gasteiger partial charge in [0.05, 0.1) is 0 Å². The molecule has 1 aromatic rings. The van der Waals surface area contributed by atoms with E-state index in [1.165, 1.54) is 5.56 Å². The molecule has 20 heavy (non-hydrogen) atoms. The number of aryl methyl sites for hydroxylation is 2. The maximum Gasteiger partial charge on any atom is 0.240 e. The highest BCUT2D eigenvalue weighted by Gasteiger charge is 2.56. The molecule has 1 aromatic carbocycles. The lowest BCUT2D eigenvalue weighted by Gasteiger charge is -2.17. The van der Waals surface area contributed by atoms with E-state index in [9.17, 15) is 9.59 Å². The standard InChI is InChI=1S/C16H22N2O2/c1-10(2)17-14(19)16(7-8-16)15(20)18-13-6-5-11(3)12(4)9-13/h5-6,9-10H,7-8H2,1-4H3,(H,17,19)(H,18,20). The molecule has 4 heteroatoms. The minimum absolute atomic E-state index is 0.0504. The lowest BCUT2D eigenvalue weighted by molar-refractivity contribution is -0.134. The number of benzene rings is 1. The van der Waals surface area contributed by atoms with Crippen molar-refractivity contribution in [2.45, 2.75) is 46.6 Å². The monoisotopic (exact) mass is 274 g/mol. The summed E-state index contributed by atoms with van der Waals surface area (Å²) in [5, 5.41) is 5.70. The van der Waals surface area contributed by atoms with Crippen LogP contribution in [0.2, 0.25) is 0 Å². The van der Waals surface area contributed by atoms with E-state index in [0.29, 0.717) is 12.8 Å². The molecule has 0 aromatic heterocycles. The van der Waals surface area contributed by atoms with Gasteiger partial charge in [-0.25, -0.2) is 0 Å². The molecule has 2 N–H and O–H groups in total. The first-order valence-electron chi connectivity index (χ1n) is 7.05. The summed E-state index contributed by atoms with van der Waals surface area (Å²) in [6.07, 6.45) is 1.25. The van der Waals surface area contributed by atoms with E-state index in [1.54, 1.807) is 0 Å². The van der Waals surface area contributed by atoms with Gasteiger partial charge in [0.25, 0.3) is 0 Å². The number of nitrogens with one attached hydrogen (secondary N) is 2. The van der Waals surface area contributed by atoms with Crippen molar-refractivity contribution in [1.82, 2.24) is 5.32 Å². The van der Waals surface area contributed by atoms with Gasteiger partial charge in [0.2, 0.25) is 11.8 Å². The van der Waals surface area contributed by atoms with E-state index in [1.807, 2.05) is 45.9 Å². The van der Waals surface area contributed by atoms with Gasteiger partial charge >= 0.3 is 0 Å². The number of rotatable bonds is 4. The van der Waals surface area contributed by atoms with Gasteiger partial charge in [0.15, 0.2) is 0 Å². The van der Waals surface area contributed by atoms with Crippen molar-refractivity contribution in [2.75, 3.05) is 5.32 Å². The zero-order chi connectivity index (χ0) is 14.9. The summed E-state index contributed by atoms with van der Waals surface area (Å²) in [7, 11) is 0. The molecule has 4 nitrogen and oxygen atoms in total. The summed E-state index contributed by atoms with van der Waals surface area (Å²) in [5.41, 5.74) is 2.20. The summed E-state index contributed by atoms with van der Waals surface area (Å²) in [4.78, 5) is 24.5. The molecule has 0 radical (unpaired) electrons. The van der Waals surface area contributed by atoms with Crippen LogP contribution in [0.5, 0.6) is 0 Å². The fraction of sp³-hybridized carbons (Fsp3) is 0.500. The Labute approximate surface area is 119 Å². The first kappa shape index (κ1) is 14.6. The molecule has 0 heterocycles. The molecule has 0 atom stereocenters. The minimum Gasteiger partial charge on any atom is -0.353 e. The summed E-state index contributed by atoms with van der Waals surface area (Å²) in [6.45, 7) is 7.83. The van der Waals surface area contributed by atoms with Crippen LogP contribution in [0.3, 0.4) is 0 Å². The molecule has 108 valence electrons. The second-order valence-electron chi connectivity index (χ2n) is 5.96. The summed E-state index contributed by atoms with van der Waals surface area (Å²) >= 11 is 0. The second-order valence-corrected chi connectivity index (χ2v) is 5.96. The summed E-state index contributed by atoms with van der Waals surface area (Å²) in [6, 6.07) is 5.83. The van der Waals surface area contributed by atoms with Gasteiger partial charge < -0.3 is 10.6 Å². The molecular formula is C16H22N2O2. The molecule has 1 fully saturated rings. The molecule has 0 unspecified atom stereocenters. The first-order valence-corrected chi connectivity index (χ1v) is 7.05. The average molecular weight is 274 g/mol. The van der Waals surface area contributed by atoms with Crippen LogP contribution in [-0.2, 0) is 9.59 Å². The summed E-state index contributed by atoms with van der Waals surface area (Å²) < 4.78 is 0. The Morgan fingerprint density at radius 3 is 2.25 bits per heavy atom. The predicted octanol–water partition coefficient (Wildman–Crippen LogP) is 2.55. The fourth-order valence-corrected chi connectivity index (χ4v) is 2.15. The van der Waals surface area contributed by atoms with Crippen molar-refractivity contribution >= 4 is 17.5 Å². The fourth-order valence-electron chi connectivity index (χ4n) is 2.15. The normalized spacial score (nSPS) is 15.8. The predicted molar refractivity (Wildman–Crippen MR) is 79.5 cm³/mol. The topological polar surface area (TPSA) is 58.2 Å². The van der Waals surface area contributed by atoms with Crippen molar-refractivity contribution in [3.8, 4) is 0 Å².